The van der Waals surface area contributed by atoms with Crippen molar-refractivity contribution in [2.75, 3.05) is 25.1 Å². The summed E-state index contributed by atoms with van der Waals surface area (Å²) in [5.41, 5.74) is 0.104. The quantitative estimate of drug-likeness (QED) is 0.682. The fourth-order valence-corrected chi connectivity index (χ4v) is 2.34. The van der Waals surface area contributed by atoms with Crippen molar-refractivity contribution in [3.63, 3.8) is 0 Å². The van der Waals surface area contributed by atoms with Crippen molar-refractivity contribution in [1.29, 1.82) is 0 Å². The van der Waals surface area contributed by atoms with Crippen molar-refractivity contribution in [3.05, 3.63) is 52.8 Å². The van der Waals surface area contributed by atoms with Crippen molar-refractivity contribution >= 4 is 29.2 Å². The average Bonchev–Trinajstić information content (AvgIpc) is 2.64. The molecule has 0 spiro atoms. The van der Waals surface area contributed by atoms with E-state index in [4.69, 9.17) is 25.8 Å². The van der Waals surface area contributed by atoms with Gasteiger partial charge in [0.25, 0.3) is 5.91 Å². The summed E-state index contributed by atoms with van der Waals surface area (Å²) in [5, 5.41) is 2.56. The Morgan fingerprint density at radius 3 is 2.44 bits per heavy atom. The number of hydrogen-bond donors (Lipinski definition) is 1. The molecule has 0 aliphatic rings. The molecule has 2 aromatic carbocycles. The Hall–Kier alpha value is -2.80. The Morgan fingerprint density at radius 1 is 1.04 bits per heavy atom. The number of anilines is 1. The van der Waals surface area contributed by atoms with Crippen LogP contribution in [0.25, 0.3) is 0 Å². The van der Waals surface area contributed by atoms with Crippen LogP contribution in [0.3, 0.4) is 0 Å². The summed E-state index contributed by atoms with van der Waals surface area (Å²) in [6.45, 7) is 3.90. The zero-order valence-corrected chi connectivity index (χ0v) is 15.6. The van der Waals surface area contributed by atoms with Gasteiger partial charge in [0, 0.05) is 5.02 Å². The van der Waals surface area contributed by atoms with Crippen LogP contribution < -0.4 is 14.8 Å². The Balaban J connectivity index is 1.99. The third kappa shape index (κ3) is 5.86. The van der Waals surface area contributed by atoms with Crippen molar-refractivity contribution in [1.82, 2.24) is 0 Å². The van der Waals surface area contributed by atoms with Crippen LogP contribution in [0.5, 0.6) is 11.5 Å². The fourth-order valence-electron chi connectivity index (χ4n) is 2.17. The van der Waals surface area contributed by atoms with Crippen molar-refractivity contribution < 1.29 is 28.2 Å². The molecule has 0 saturated heterocycles. The first-order chi connectivity index (χ1) is 12.9. The molecule has 0 saturated carbocycles. The van der Waals surface area contributed by atoms with Gasteiger partial charge in [-0.15, -0.1) is 0 Å². The number of benzene rings is 2. The maximum atomic E-state index is 13.6. The van der Waals surface area contributed by atoms with Crippen LogP contribution in [0.15, 0.2) is 36.4 Å². The van der Waals surface area contributed by atoms with Gasteiger partial charge in [-0.2, -0.15) is 0 Å². The van der Waals surface area contributed by atoms with Gasteiger partial charge in [0.1, 0.15) is 5.82 Å². The summed E-state index contributed by atoms with van der Waals surface area (Å²) in [6.07, 6.45) is 0. The molecular weight excluding hydrogens is 377 g/mol. The van der Waals surface area contributed by atoms with Crippen molar-refractivity contribution in [2.45, 2.75) is 13.8 Å². The summed E-state index contributed by atoms with van der Waals surface area (Å²) in [6, 6.07) is 8.31. The second-order valence-corrected chi connectivity index (χ2v) is 5.71. The summed E-state index contributed by atoms with van der Waals surface area (Å²) in [7, 11) is 0. The van der Waals surface area contributed by atoms with Gasteiger partial charge >= 0.3 is 5.97 Å². The summed E-state index contributed by atoms with van der Waals surface area (Å²) in [4.78, 5) is 24.0. The number of ether oxygens (including phenoxy) is 3. The smallest absolute Gasteiger partial charge is 0.338 e. The van der Waals surface area contributed by atoms with Gasteiger partial charge in [-0.25, -0.2) is 9.18 Å². The van der Waals surface area contributed by atoms with Gasteiger partial charge in [-0.3, -0.25) is 4.79 Å². The first-order valence-electron chi connectivity index (χ1n) is 8.26. The van der Waals surface area contributed by atoms with Crippen LogP contribution in [-0.4, -0.2) is 31.7 Å². The minimum Gasteiger partial charge on any atom is -0.490 e. The van der Waals surface area contributed by atoms with E-state index in [0.29, 0.717) is 24.7 Å². The predicted molar refractivity (Wildman–Crippen MR) is 99.1 cm³/mol. The molecule has 2 aromatic rings. The van der Waals surface area contributed by atoms with Crippen molar-refractivity contribution in [3.8, 4) is 11.5 Å². The first kappa shape index (κ1) is 20.5. The summed E-state index contributed by atoms with van der Waals surface area (Å²) < 4.78 is 29.4. The van der Waals surface area contributed by atoms with E-state index < -0.39 is 24.3 Å². The van der Waals surface area contributed by atoms with Gasteiger partial charge in [-0.1, -0.05) is 11.6 Å². The molecule has 0 bridgehead atoms. The topological polar surface area (TPSA) is 73.9 Å². The molecule has 0 radical (unpaired) electrons. The lowest BCUT2D eigenvalue weighted by Gasteiger charge is -2.12. The van der Waals surface area contributed by atoms with E-state index in [-0.39, 0.29) is 16.3 Å². The molecule has 0 atom stereocenters. The second-order valence-electron chi connectivity index (χ2n) is 5.28. The number of esters is 1. The summed E-state index contributed by atoms with van der Waals surface area (Å²) >= 11 is 5.76. The number of hydrogen-bond acceptors (Lipinski definition) is 5. The number of rotatable bonds is 8. The summed E-state index contributed by atoms with van der Waals surface area (Å²) in [5.74, 6) is -1.16. The van der Waals surface area contributed by atoms with Crippen LogP contribution in [-0.2, 0) is 9.53 Å². The standard InChI is InChI=1S/C19H19ClFNO5/c1-3-25-16-8-5-12(9-17(16)26-4-2)19(24)27-11-18(23)22-15-10-13(20)6-7-14(15)21/h5-10H,3-4,11H2,1-2H3,(H,22,23). The van der Waals surface area contributed by atoms with E-state index in [1.54, 1.807) is 13.0 Å². The van der Waals surface area contributed by atoms with Crippen molar-refractivity contribution in [2.24, 2.45) is 0 Å². The van der Waals surface area contributed by atoms with Crippen LogP contribution in [0.4, 0.5) is 10.1 Å². The second kappa shape index (κ2) is 9.78. The van der Waals surface area contributed by atoms with Gasteiger partial charge < -0.3 is 19.5 Å². The molecule has 6 nitrogen and oxygen atoms in total. The average molecular weight is 396 g/mol. The molecule has 0 aliphatic carbocycles. The van der Waals surface area contributed by atoms with Crippen LogP contribution in [0.2, 0.25) is 5.02 Å². The molecule has 8 heteroatoms. The van der Waals surface area contributed by atoms with E-state index >= 15 is 0 Å². The normalized spacial score (nSPS) is 10.2. The maximum Gasteiger partial charge on any atom is 0.338 e. The van der Waals surface area contributed by atoms with Crippen LogP contribution in [0, 0.1) is 5.82 Å². The largest absolute Gasteiger partial charge is 0.490 e. The first-order valence-corrected chi connectivity index (χ1v) is 8.64. The number of amides is 1. The lowest BCUT2D eigenvalue weighted by atomic mass is 10.2. The molecule has 1 amide bonds. The SMILES string of the molecule is CCOc1ccc(C(=O)OCC(=O)Nc2cc(Cl)ccc2F)cc1OCC. The van der Waals surface area contributed by atoms with Crippen LogP contribution in [0.1, 0.15) is 24.2 Å². The third-order valence-corrected chi connectivity index (χ3v) is 3.55. The number of carbonyl (C=O) groups excluding carboxylic acids is 2. The Bertz CT molecular complexity index is 828. The molecular formula is C19H19ClFNO5. The number of nitrogens with one attached hydrogen (secondary N) is 1. The Labute approximate surface area is 161 Å². The number of halogens is 2. The highest BCUT2D eigenvalue weighted by atomic mass is 35.5. The molecule has 144 valence electrons. The minimum atomic E-state index is -0.722. The van der Waals surface area contributed by atoms with E-state index in [9.17, 15) is 14.0 Å². The molecule has 0 unspecified atom stereocenters. The molecule has 1 N–H and O–H groups in total. The Kier molecular flexibility index (Phi) is 7.43. The van der Waals surface area contributed by atoms with E-state index in [1.807, 2.05) is 6.92 Å². The zero-order valence-electron chi connectivity index (χ0n) is 14.9. The highest BCUT2D eigenvalue weighted by Crippen LogP contribution is 2.28. The van der Waals surface area contributed by atoms with E-state index in [1.165, 1.54) is 24.3 Å². The number of carbonyl (C=O) groups is 2. The predicted octanol–water partition coefficient (Wildman–Crippen LogP) is 4.07. The third-order valence-electron chi connectivity index (χ3n) is 3.32. The van der Waals surface area contributed by atoms with E-state index in [0.717, 1.165) is 6.07 Å². The minimum absolute atomic E-state index is 0.0942. The van der Waals surface area contributed by atoms with Gasteiger partial charge in [0.2, 0.25) is 0 Å². The van der Waals surface area contributed by atoms with Gasteiger partial charge in [0.05, 0.1) is 24.5 Å². The Morgan fingerprint density at radius 2 is 1.74 bits per heavy atom. The maximum absolute atomic E-state index is 13.6. The van der Waals surface area contributed by atoms with Crippen LogP contribution >= 0.6 is 11.6 Å². The molecule has 2 rings (SSSR count). The highest BCUT2D eigenvalue weighted by molar-refractivity contribution is 6.30. The highest BCUT2D eigenvalue weighted by Gasteiger charge is 2.15. The van der Waals surface area contributed by atoms with Gasteiger partial charge in [-0.05, 0) is 50.2 Å². The molecule has 0 heterocycles. The monoisotopic (exact) mass is 395 g/mol. The lowest BCUT2D eigenvalue weighted by molar-refractivity contribution is -0.119. The molecule has 0 aromatic heterocycles. The molecule has 0 aliphatic heterocycles. The fraction of sp³-hybridized carbons (Fsp3) is 0.263. The lowest BCUT2D eigenvalue weighted by Crippen LogP contribution is -2.21. The molecule has 0 fully saturated rings. The van der Waals surface area contributed by atoms with Gasteiger partial charge in [0.15, 0.2) is 18.1 Å². The zero-order chi connectivity index (χ0) is 19.8. The molecule has 27 heavy (non-hydrogen) atoms. The van der Waals surface area contributed by atoms with E-state index in [2.05, 4.69) is 5.32 Å².